The molecule has 0 radical (unpaired) electrons. The zero-order valence-corrected chi connectivity index (χ0v) is 8.07. The van der Waals surface area contributed by atoms with Crippen LogP contribution in [0.25, 0.3) is 0 Å². The van der Waals surface area contributed by atoms with Gasteiger partial charge in [0.25, 0.3) is 0 Å². The molecule has 1 aromatic rings. The van der Waals surface area contributed by atoms with E-state index in [4.69, 9.17) is 0 Å². The lowest BCUT2D eigenvalue weighted by atomic mass is 10.2. The Kier molecular flexibility index (Phi) is 2.64. The highest BCUT2D eigenvalue weighted by atomic mass is 19.2. The lowest BCUT2D eigenvalue weighted by Crippen LogP contribution is -2.27. The Morgan fingerprint density at radius 1 is 0.882 bits per heavy atom. The highest BCUT2D eigenvalue weighted by Crippen LogP contribution is 2.31. The molecule has 0 bridgehead atoms. The van der Waals surface area contributed by atoms with Crippen molar-refractivity contribution in [2.75, 3.05) is 18.1 Å². The summed E-state index contributed by atoms with van der Waals surface area (Å²) in [5, 5.41) is 0. The summed E-state index contributed by atoms with van der Waals surface area (Å²) in [5.41, 5.74) is -1.29. The van der Waals surface area contributed by atoms with Crippen molar-refractivity contribution < 1.29 is 31.5 Å². The first-order chi connectivity index (χ1) is 7.95. The number of amides is 1. The number of ether oxygens (including phenoxy) is 1. The number of benzene rings is 1. The van der Waals surface area contributed by atoms with Gasteiger partial charge in [-0.2, -0.15) is 0 Å². The van der Waals surface area contributed by atoms with Gasteiger partial charge in [-0.15, -0.1) is 0 Å². The predicted molar refractivity (Wildman–Crippen MR) is 44.9 cm³/mol. The molecule has 0 aromatic heterocycles. The van der Waals surface area contributed by atoms with Gasteiger partial charge >= 0.3 is 6.09 Å². The minimum atomic E-state index is -2.27. The van der Waals surface area contributed by atoms with Crippen molar-refractivity contribution in [1.29, 1.82) is 0 Å². The van der Waals surface area contributed by atoms with E-state index in [2.05, 4.69) is 4.74 Å². The lowest BCUT2D eigenvalue weighted by molar-refractivity contribution is 0.180. The number of cyclic esters (lactones) is 1. The Balaban J connectivity index is 2.65. The number of hydrogen-bond donors (Lipinski definition) is 0. The van der Waals surface area contributed by atoms with Gasteiger partial charge in [0.15, 0.2) is 23.3 Å². The van der Waals surface area contributed by atoms with Gasteiger partial charge in [0.05, 0.1) is 6.54 Å². The summed E-state index contributed by atoms with van der Waals surface area (Å²) in [6.45, 7) is -0.463. The van der Waals surface area contributed by atoms with Crippen molar-refractivity contribution in [3.63, 3.8) is 0 Å². The average Bonchev–Trinajstić information content (AvgIpc) is 2.71. The molecule has 0 N–H and O–H groups in total. The number of carbonyl (C=O) groups excluding carboxylic acids is 1. The summed E-state index contributed by atoms with van der Waals surface area (Å²) >= 11 is 0. The molecule has 1 aliphatic heterocycles. The van der Waals surface area contributed by atoms with Gasteiger partial charge in [0.1, 0.15) is 12.3 Å². The molecule has 1 amide bonds. The molecule has 8 heteroatoms. The molecule has 1 aromatic carbocycles. The fraction of sp³-hybridized carbons (Fsp3) is 0.222. The summed E-state index contributed by atoms with van der Waals surface area (Å²) in [7, 11) is 0. The third kappa shape index (κ3) is 1.60. The van der Waals surface area contributed by atoms with E-state index in [-0.39, 0.29) is 13.2 Å². The topological polar surface area (TPSA) is 29.5 Å². The molecular formula is C9H4F5NO2. The zero-order chi connectivity index (χ0) is 12.7. The van der Waals surface area contributed by atoms with Crippen LogP contribution in [0, 0.1) is 29.1 Å². The molecule has 1 fully saturated rings. The average molecular weight is 253 g/mol. The van der Waals surface area contributed by atoms with Gasteiger partial charge in [-0.25, -0.2) is 26.7 Å². The summed E-state index contributed by atoms with van der Waals surface area (Å²) in [6.07, 6.45) is -1.16. The normalized spacial score (nSPS) is 15.4. The van der Waals surface area contributed by atoms with E-state index in [0.29, 0.717) is 4.90 Å². The maximum Gasteiger partial charge on any atom is 0.414 e. The van der Waals surface area contributed by atoms with E-state index in [9.17, 15) is 26.7 Å². The van der Waals surface area contributed by atoms with Gasteiger partial charge < -0.3 is 4.74 Å². The molecule has 0 spiro atoms. The Labute approximate surface area is 91.4 Å². The van der Waals surface area contributed by atoms with Crippen molar-refractivity contribution in [3.8, 4) is 0 Å². The maximum atomic E-state index is 13.3. The third-order valence-electron chi connectivity index (χ3n) is 2.22. The van der Waals surface area contributed by atoms with Crippen molar-refractivity contribution >= 4 is 11.8 Å². The van der Waals surface area contributed by atoms with E-state index in [0.717, 1.165) is 0 Å². The van der Waals surface area contributed by atoms with E-state index in [1.54, 1.807) is 0 Å². The number of anilines is 1. The monoisotopic (exact) mass is 253 g/mol. The molecule has 1 aliphatic rings. The summed E-state index contributed by atoms with van der Waals surface area (Å²) in [6, 6.07) is 0. The highest BCUT2D eigenvalue weighted by molar-refractivity contribution is 5.89. The largest absolute Gasteiger partial charge is 0.447 e. The lowest BCUT2D eigenvalue weighted by Gasteiger charge is -2.15. The molecule has 17 heavy (non-hydrogen) atoms. The SMILES string of the molecule is O=C1OCCN1c1c(F)c(F)c(F)c(F)c1F. The Morgan fingerprint density at radius 3 is 1.76 bits per heavy atom. The van der Waals surface area contributed by atoms with Gasteiger partial charge in [-0.3, -0.25) is 4.90 Å². The van der Waals surface area contributed by atoms with Gasteiger partial charge in [-0.1, -0.05) is 0 Å². The van der Waals surface area contributed by atoms with Crippen LogP contribution in [0.1, 0.15) is 0 Å². The van der Waals surface area contributed by atoms with Crippen molar-refractivity contribution in [1.82, 2.24) is 0 Å². The van der Waals surface area contributed by atoms with Crippen LogP contribution < -0.4 is 4.90 Å². The molecule has 0 saturated carbocycles. The highest BCUT2D eigenvalue weighted by Gasteiger charge is 2.34. The van der Waals surface area contributed by atoms with Gasteiger partial charge in [0, 0.05) is 0 Å². The number of carbonyl (C=O) groups is 1. The minimum Gasteiger partial charge on any atom is -0.447 e. The molecule has 1 heterocycles. The van der Waals surface area contributed by atoms with E-state index >= 15 is 0 Å². The fourth-order valence-electron chi connectivity index (χ4n) is 1.43. The quantitative estimate of drug-likeness (QED) is 0.436. The maximum absolute atomic E-state index is 13.3. The summed E-state index contributed by atoms with van der Waals surface area (Å²) < 4.78 is 69.3. The number of nitrogens with zero attached hydrogens (tertiary/aromatic N) is 1. The first-order valence-corrected chi connectivity index (χ1v) is 4.41. The minimum absolute atomic E-state index is 0.182. The molecule has 0 unspecified atom stereocenters. The number of rotatable bonds is 1. The van der Waals surface area contributed by atoms with Crippen molar-refractivity contribution in [3.05, 3.63) is 29.1 Å². The van der Waals surface area contributed by atoms with Crippen molar-refractivity contribution in [2.24, 2.45) is 0 Å². The van der Waals surface area contributed by atoms with E-state index < -0.39 is 40.9 Å². The molecule has 0 atom stereocenters. The zero-order valence-electron chi connectivity index (χ0n) is 8.07. The van der Waals surface area contributed by atoms with Crippen LogP contribution in [0.4, 0.5) is 32.4 Å². The predicted octanol–water partition coefficient (Wildman–Crippen LogP) is 2.34. The van der Waals surface area contributed by atoms with Crippen LogP contribution >= 0.6 is 0 Å². The second-order valence-electron chi connectivity index (χ2n) is 3.18. The molecular weight excluding hydrogens is 249 g/mol. The van der Waals surface area contributed by atoms with Gasteiger partial charge in [0.2, 0.25) is 5.82 Å². The van der Waals surface area contributed by atoms with Crippen LogP contribution in [0.3, 0.4) is 0 Å². The molecule has 92 valence electrons. The molecule has 1 saturated heterocycles. The van der Waals surface area contributed by atoms with Crippen LogP contribution in [0.2, 0.25) is 0 Å². The van der Waals surface area contributed by atoms with Crippen LogP contribution in [-0.4, -0.2) is 19.2 Å². The van der Waals surface area contributed by atoms with Gasteiger partial charge in [-0.05, 0) is 0 Å². The van der Waals surface area contributed by atoms with E-state index in [1.807, 2.05) is 0 Å². The van der Waals surface area contributed by atoms with Crippen LogP contribution in [-0.2, 0) is 4.74 Å². The smallest absolute Gasteiger partial charge is 0.414 e. The first kappa shape index (κ1) is 11.6. The Hall–Kier alpha value is -1.86. The summed E-state index contributed by atoms with van der Waals surface area (Å²) in [5.74, 6) is -10.6. The van der Waals surface area contributed by atoms with E-state index in [1.165, 1.54) is 0 Å². The van der Waals surface area contributed by atoms with Crippen LogP contribution in [0.5, 0.6) is 0 Å². The number of halogens is 5. The Morgan fingerprint density at radius 2 is 1.35 bits per heavy atom. The second kappa shape index (κ2) is 3.86. The number of hydrogen-bond acceptors (Lipinski definition) is 2. The summed E-state index contributed by atoms with van der Waals surface area (Å²) in [4.78, 5) is 11.4. The van der Waals surface area contributed by atoms with Crippen LogP contribution in [0.15, 0.2) is 0 Å². The first-order valence-electron chi connectivity index (χ1n) is 4.41. The van der Waals surface area contributed by atoms with Crippen molar-refractivity contribution in [2.45, 2.75) is 0 Å². The molecule has 0 aliphatic carbocycles. The molecule has 2 rings (SSSR count). The third-order valence-corrected chi connectivity index (χ3v) is 2.22. The second-order valence-corrected chi connectivity index (χ2v) is 3.18. The standard InChI is InChI=1S/C9H4F5NO2/c10-3-4(11)6(13)8(7(14)5(3)12)15-1-2-17-9(15)16/h1-2H2. The Bertz CT molecular complexity index is 476. The molecule has 3 nitrogen and oxygen atoms in total. The fourth-order valence-corrected chi connectivity index (χ4v) is 1.43.